The zero-order valence-electron chi connectivity index (χ0n) is 50.5. The lowest BCUT2D eigenvalue weighted by atomic mass is 10.0. The van der Waals surface area contributed by atoms with Gasteiger partial charge in [-0.2, -0.15) is 4.73 Å². The van der Waals surface area contributed by atoms with E-state index in [1.54, 1.807) is 19.1 Å². The van der Waals surface area contributed by atoms with Gasteiger partial charge in [-0.3, -0.25) is 28.8 Å². The number of nitrogens with two attached hydrogens (primary N) is 1. The lowest BCUT2D eigenvalue weighted by Gasteiger charge is -2.42. The number of allylic oxidation sites excluding steroid dienone is 1. The first-order valence-electron chi connectivity index (χ1n) is 28.8. The van der Waals surface area contributed by atoms with Crippen LogP contribution in [0.2, 0.25) is 0 Å². The number of aliphatic hydroxyl groups is 2. The van der Waals surface area contributed by atoms with Gasteiger partial charge in [0.05, 0.1) is 48.4 Å². The van der Waals surface area contributed by atoms with Crippen LogP contribution in [0.15, 0.2) is 69.5 Å². The standard InChI is InChI=1S/C59H55N13O19S5/c1-6-27-53-66-33(18-94-53)50(80)71-41-44-45(91-59-43(86-5)36(85-4)10-24(12-73)90-59)58(83)88-13-23-8-7-9-34-37(23)26(14-87-44)42(72(34)84)57(82)89-15-28(63-48(78)31-20-96-56(41)68-31)54-64-29(16-93-54)39-25(52-65-32(17-92-52)49(79)70-38(22(3)74)51(81)62-27)11-35(75)40(69-39)55-67-30(19-95-55)47(77)61-21(2)46(60)76/h6-9,11,16-20,22,24,28,36,38,41,43-45,59,73-75,84H,2,10,12-15H2,1,3-5H3,(H2,60,76)(H,61,77)(H,62,81)(H,63,78)(H,70,79)(H,71,80). The van der Waals surface area contributed by atoms with Gasteiger partial charge in [0.25, 0.3) is 29.5 Å². The zero-order chi connectivity index (χ0) is 68.0. The average molecular weight is 1410 g/mol. The smallest absolute Gasteiger partial charge is 0.358 e. The maximum Gasteiger partial charge on any atom is 0.358 e. The number of nitrogens with one attached hydrogen (secondary N) is 5. The van der Waals surface area contributed by atoms with Crippen molar-refractivity contribution in [1.29, 1.82) is 0 Å². The van der Waals surface area contributed by atoms with E-state index >= 15 is 9.59 Å². The van der Waals surface area contributed by atoms with Crippen molar-refractivity contribution < 1.29 is 92.0 Å². The Morgan fingerprint density at radius 2 is 1.53 bits per heavy atom. The molecule has 4 aliphatic heterocycles. The van der Waals surface area contributed by atoms with E-state index in [0.29, 0.717) is 4.73 Å². The maximum absolute atomic E-state index is 15.1. The van der Waals surface area contributed by atoms with Crippen LogP contribution in [-0.4, -0.2) is 179 Å². The number of pyridine rings is 1. The van der Waals surface area contributed by atoms with Crippen LogP contribution in [-0.2, 0) is 60.8 Å². The van der Waals surface area contributed by atoms with Crippen LogP contribution in [0.25, 0.3) is 49.3 Å². The van der Waals surface area contributed by atoms with Gasteiger partial charge in [0.2, 0.25) is 5.91 Å². The molecule has 1 fully saturated rings. The summed E-state index contributed by atoms with van der Waals surface area (Å²) >= 11 is 4.49. The minimum atomic E-state index is -1.98. The van der Waals surface area contributed by atoms with Gasteiger partial charge < -0.3 is 86.0 Å². The van der Waals surface area contributed by atoms with E-state index in [2.05, 4.69) is 48.1 Å². The summed E-state index contributed by atoms with van der Waals surface area (Å²) in [5.41, 5.74) is 3.61. The topological polar surface area (TPSA) is 451 Å². The van der Waals surface area contributed by atoms with Crippen LogP contribution in [0.1, 0.15) is 111 Å². The summed E-state index contributed by atoms with van der Waals surface area (Å²) in [4.78, 5) is 141. The molecule has 500 valence electrons. The van der Waals surface area contributed by atoms with Crippen molar-refractivity contribution in [3.8, 4) is 38.4 Å². The third-order valence-corrected chi connectivity index (χ3v) is 20.1. The summed E-state index contributed by atoms with van der Waals surface area (Å²) in [6, 6.07) is 1.20. The molecular formula is C59H55N13O19S5. The summed E-state index contributed by atoms with van der Waals surface area (Å²) in [5.74, 6) is -8.31. The van der Waals surface area contributed by atoms with E-state index in [-0.39, 0.29) is 105 Å². The molecule has 1 saturated heterocycles. The summed E-state index contributed by atoms with van der Waals surface area (Å²) in [6.07, 6.45) is -8.04. The number of amides is 6. The molecule has 11 N–H and O–H groups in total. The number of primary amides is 1. The van der Waals surface area contributed by atoms with Crippen molar-refractivity contribution in [3.05, 3.63) is 124 Å². The van der Waals surface area contributed by atoms with Gasteiger partial charge in [-0.05, 0) is 31.5 Å². The van der Waals surface area contributed by atoms with Gasteiger partial charge in [-0.25, -0.2) is 39.5 Å². The van der Waals surface area contributed by atoms with Crippen molar-refractivity contribution >= 4 is 121 Å². The van der Waals surface area contributed by atoms with Gasteiger partial charge in [-0.1, -0.05) is 24.8 Å². The number of aromatic hydroxyl groups is 1. The minimum Gasteiger partial charge on any atom is -0.506 e. The summed E-state index contributed by atoms with van der Waals surface area (Å²) in [7, 11) is 2.75. The summed E-state index contributed by atoms with van der Waals surface area (Å²) in [5, 5.41) is 65.6. The van der Waals surface area contributed by atoms with Crippen molar-refractivity contribution in [1.82, 2.24) is 61.2 Å². The van der Waals surface area contributed by atoms with Crippen LogP contribution in [0.4, 0.5) is 0 Å². The largest absolute Gasteiger partial charge is 0.506 e. The highest BCUT2D eigenvalue weighted by Gasteiger charge is 2.49. The molecule has 11 heterocycles. The monoisotopic (exact) mass is 1410 g/mol. The number of rotatable bonds is 10. The fourth-order valence-electron chi connectivity index (χ4n) is 10.8. The van der Waals surface area contributed by atoms with Crippen LogP contribution >= 0.6 is 56.7 Å². The van der Waals surface area contributed by atoms with E-state index in [0.717, 1.165) is 56.7 Å². The Hall–Kier alpha value is -9.38. The second-order valence-corrected chi connectivity index (χ2v) is 26.0. The van der Waals surface area contributed by atoms with Crippen molar-refractivity contribution in [2.75, 3.05) is 27.4 Å². The highest BCUT2D eigenvalue weighted by Crippen LogP contribution is 2.43. The number of nitrogens with zero attached hydrogens (tertiary/aromatic N) is 7. The summed E-state index contributed by atoms with van der Waals surface area (Å²) < 4.78 is 43.9. The van der Waals surface area contributed by atoms with E-state index in [1.807, 2.05) is 0 Å². The fourth-order valence-corrected chi connectivity index (χ4v) is 15.0. The predicted octanol–water partition coefficient (Wildman–Crippen LogP) is 3.24. The number of hydrogen-bond acceptors (Lipinski definition) is 30. The zero-order valence-corrected chi connectivity index (χ0v) is 54.5. The molecule has 6 amide bonds. The van der Waals surface area contributed by atoms with Gasteiger partial charge in [0, 0.05) is 64.1 Å². The molecule has 96 heavy (non-hydrogen) atoms. The third kappa shape index (κ3) is 13.1. The lowest BCUT2D eigenvalue weighted by molar-refractivity contribution is -0.301. The number of esters is 2. The Morgan fingerprint density at radius 1 is 0.844 bits per heavy atom. The first-order chi connectivity index (χ1) is 46.1. The van der Waals surface area contributed by atoms with Crippen molar-refractivity contribution in [2.24, 2.45) is 5.73 Å². The highest BCUT2D eigenvalue weighted by molar-refractivity contribution is 7.14. The first kappa shape index (κ1) is 66.6. The molecule has 12 rings (SSSR count). The number of ether oxygens (including phenoxy) is 7. The minimum absolute atomic E-state index is 0.00453. The Labute approximate surface area is 561 Å². The molecule has 0 aliphatic carbocycles. The fraction of sp³-hybridized carbons (Fsp3) is 0.322. The third-order valence-electron chi connectivity index (χ3n) is 15.6. The number of hydrogen-bond donors (Lipinski definition) is 10. The number of carbonyl (C=O) groups excluding carboxylic acids is 8. The lowest BCUT2D eigenvalue weighted by Crippen LogP contribution is -2.56. The number of aromatic nitrogens is 7. The normalized spacial score (nSPS) is 23.4. The molecule has 37 heteroatoms. The number of methoxy groups -OCH3 is 2. The molecular weight excluding hydrogens is 1360 g/mol. The van der Waals surface area contributed by atoms with E-state index in [4.69, 9.17) is 53.8 Å². The van der Waals surface area contributed by atoms with Crippen molar-refractivity contribution in [2.45, 2.75) is 94.5 Å². The molecule has 0 radical (unpaired) electrons. The summed E-state index contributed by atoms with van der Waals surface area (Å²) in [6.45, 7) is 3.89. The van der Waals surface area contributed by atoms with E-state index in [1.165, 1.54) is 66.3 Å². The Balaban J connectivity index is 1.04. The second-order valence-electron chi connectivity index (χ2n) is 21.7. The molecule has 12 bridgehead atoms. The Bertz CT molecular complexity index is 4480. The van der Waals surface area contributed by atoms with Gasteiger partial charge in [0.15, 0.2) is 18.1 Å². The Morgan fingerprint density at radius 3 is 2.26 bits per heavy atom. The SMILES string of the molecule is C=C(NC(=O)c1csc(-c2nc3c(cc2O)-c2nc(cs2)C(=O)NC(C(C)O)C(=O)NC(=CC)c2nc(cs2)C(=O)NC2c4nc(cs4)C(=O)NC(COC(=O)c4c5c6c(cccc6n4O)COC(=O)C(OC4OC(CO)CC(OC)C4OC)C2OC5)c2nc-3cs2)n1)C(N)=O. The van der Waals surface area contributed by atoms with E-state index < -0.39 is 152 Å². The number of thiazole rings is 5. The maximum atomic E-state index is 15.1. The molecule has 0 saturated carbocycles. The molecule has 7 aromatic heterocycles. The van der Waals surface area contributed by atoms with Crippen LogP contribution in [0.3, 0.4) is 0 Å². The van der Waals surface area contributed by atoms with Crippen LogP contribution in [0, 0.1) is 0 Å². The Kier molecular flexibility index (Phi) is 19.3. The molecule has 32 nitrogen and oxygen atoms in total. The molecule has 10 unspecified atom stereocenters. The van der Waals surface area contributed by atoms with E-state index in [9.17, 15) is 49.3 Å². The van der Waals surface area contributed by atoms with Gasteiger partial charge in [0.1, 0.15) is 114 Å². The van der Waals surface area contributed by atoms with Gasteiger partial charge in [-0.15, -0.1) is 56.7 Å². The number of aliphatic hydroxyl groups excluding tert-OH is 2. The second kappa shape index (κ2) is 27.8. The average Bonchev–Trinajstić information content (AvgIpc) is 1.56. The molecule has 10 atom stereocenters. The van der Waals surface area contributed by atoms with Crippen LogP contribution < -0.4 is 32.3 Å². The quantitative estimate of drug-likeness (QED) is 0.0533. The number of cyclic esters (lactones) is 2. The molecule has 0 spiro atoms. The molecule has 4 aliphatic rings. The molecule has 8 aromatic rings. The molecule has 1 aromatic carbocycles. The first-order valence-corrected chi connectivity index (χ1v) is 33.2. The van der Waals surface area contributed by atoms with Crippen LogP contribution in [0.5, 0.6) is 5.75 Å². The number of benzene rings is 1. The highest BCUT2D eigenvalue weighted by atomic mass is 32.1. The number of fused-ring (bicyclic) bond motifs is 15. The predicted molar refractivity (Wildman–Crippen MR) is 339 cm³/mol. The van der Waals surface area contributed by atoms with Gasteiger partial charge >= 0.3 is 11.9 Å². The number of carbonyl (C=O) groups is 8. The van der Waals surface area contributed by atoms with Crippen molar-refractivity contribution in [3.63, 3.8) is 0 Å².